The van der Waals surface area contributed by atoms with Gasteiger partial charge in [-0.05, 0) is 25.0 Å². The largest absolute Gasteiger partial charge is 0.356 e. The maximum Gasteiger partial charge on any atom is 0.193 e. The molecule has 2 nitrogen and oxygen atoms in total. The van der Waals surface area contributed by atoms with Gasteiger partial charge in [0.25, 0.3) is 0 Å². The zero-order valence-corrected chi connectivity index (χ0v) is 11.5. The van der Waals surface area contributed by atoms with Crippen LogP contribution in [0.25, 0.3) is 10.9 Å². The molecule has 0 radical (unpaired) electrons. The summed E-state index contributed by atoms with van der Waals surface area (Å²) >= 11 is 3.20. The predicted molar refractivity (Wildman–Crippen MR) is 71.1 cm³/mol. The summed E-state index contributed by atoms with van der Waals surface area (Å²) in [7, 11) is 0. The molecule has 0 saturated heterocycles. The highest BCUT2D eigenvalue weighted by atomic mass is 79.9. The van der Waals surface area contributed by atoms with E-state index in [9.17, 15) is 9.18 Å². The van der Waals surface area contributed by atoms with E-state index in [0.29, 0.717) is 9.86 Å². The first-order valence-corrected chi connectivity index (χ1v) is 6.22. The van der Waals surface area contributed by atoms with Gasteiger partial charge in [-0.2, -0.15) is 0 Å². The minimum absolute atomic E-state index is 0.0912. The Bertz CT molecular complexity index is 646. The maximum atomic E-state index is 13.7. The Hall–Kier alpha value is -1.16. The van der Waals surface area contributed by atoms with Crippen LogP contribution in [0, 0.1) is 12.7 Å². The molecule has 0 amide bonds. The molecule has 90 valence electrons. The van der Waals surface area contributed by atoms with Crippen LogP contribution < -0.4 is 5.43 Å². The van der Waals surface area contributed by atoms with Crippen molar-refractivity contribution in [3.63, 3.8) is 0 Å². The summed E-state index contributed by atoms with van der Waals surface area (Å²) in [5.41, 5.74) is 1.64. The summed E-state index contributed by atoms with van der Waals surface area (Å²) in [6.07, 6.45) is 0. The number of pyridine rings is 1. The van der Waals surface area contributed by atoms with Gasteiger partial charge in [0.1, 0.15) is 5.82 Å². The highest BCUT2D eigenvalue weighted by Crippen LogP contribution is 2.23. The van der Waals surface area contributed by atoms with Crippen molar-refractivity contribution in [3.8, 4) is 0 Å². The second-order valence-corrected chi connectivity index (χ2v) is 5.37. The number of aryl methyl sites for hydroxylation is 1. The van der Waals surface area contributed by atoms with Gasteiger partial charge < -0.3 is 4.98 Å². The lowest BCUT2D eigenvalue weighted by molar-refractivity contribution is 0.635. The molecule has 0 aliphatic carbocycles. The SMILES string of the molecule is Cc1[nH]c2c(F)cc(Br)cc2c(=O)c1C(C)C. The Morgan fingerprint density at radius 2 is 2.00 bits per heavy atom. The molecular formula is C13H13BrFNO. The van der Waals surface area contributed by atoms with Gasteiger partial charge in [0, 0.05) is 21.1 Å². The van der Waals surface area contributed by atoms with E-state index >= 15 is 0 Å². The molecule has 1 aromatic heterocycles. The average Bonchev–Trinajstić information content (AvgIpc) is 2.19. The van der Waals surface area contributed by atoms with Crippen LogP contribution in [-0.2, 0) is 0 Å². The summed E-state index contributed by atoms with van der Waals surface area (Å²) in [6, 6.07) is 3.01. The van der Waals surface area contributed by atoms with Crippen molar-refractivity contribution in [2.24, 2.45) is 0 Å². The smallest absolute Gasteiger partial charge is 0.193 e. The minimum Gasteiger partial charge on any atom is -0.356 e. The van der Waals surface area contributed by atoms with Crippen molar-refractivity contribution < 1.29 is 4.39 Å². The summed E-state index contributed by atoms with van der Waals surface area (Å²) in [5.74, 6) is -0.296. The van der Waals surface area contributed by atoms with Crippen LogP contribution in [0.3, 0.4) is 0 Å². The van der Waals surface area contributed by atoms with Crippen molar-refractivity contribution in [1.29, 1.82) is 0 Å². The molecule has 1 aromatic carbocycles. The Morgan fingerprint density at radius 1 is 1.35 bits per heavy atom. The molecule has 0 spiro atoms. The van der Waals surface area contributed by atoms with E-state index in [4.69, 9.17) is 0 Å². The molecule has 2 aromatic rings. The number of halogens is 2. The van der Waals surface area contributed by atoms with Crippen LogP contribution >= 0.6 is 15.9 Å². The van der Waals surface area contributed by atoms with Gasteiger partial charge in [-0.25, -0.2) is 4.39 Å². The van der Waals surface area contributed by atoms with E-state index in [-0.39, 0.29) is 16.9 Å². The molecule has 0 bridgehead atoms. The fourth-order valence-corrected chi connectivity index (χ4v) is 2.58. The first-order chi connectivity index (χ1) is 7.91. The molecule has 2 rings (SSSR count). The first-order valence-electron chi connectivity index (χ1n) is 5.43. The number of aromatic amines is 1. The van der Waals surface area contributed by atoms with Gasteiger partial charge in [-0.1, -0.05) is 29.8 Å². The van der Waals surface area contributed by atoms with Crippen LogP contribution in [0.15, 0.2) is 21.4 Å². The molecule has 0 atom stereocenters. The highest BCUT2D eigenvalue weighted by molar-refractivity contribution is 9.10. The molecule has 1 heterocycles. The van der Waals surface area contributed by atoms with Gasteiger partial charge in [0.05, 0.1) is 5.52 Å². The highest BCUT2D eigenvalue weighted by Gasteiger charge is 2.14. The molecule has 1 N–H and O–H groups in total. The Morgan fingerprint density at radius 3 is 2.59 bits per heavy atom. The van der Waals surface area contributed by atoms with E-state index in [0.717, 1.165) is 11.3 Å². The van der Waals surface area contributed by atoms with Gasteiger partial charge in [-0.3, -0.25) is 4.79 Å². The molecule has 0 unspecified atom stereocenters. The number of H-pyrrole nitrogens is 1. The van der Waals surface area contributed by atoms with E-state index in [1.807, 2.05) is 13.8 Å². The second-order valence-electron chi connectivity index (χ2n) is 4.46. The number of benzene rings is 1. The predicted octanol–water partition coefficient (Wildman–Crippen LogP) is 3.86. The summed E-state index contributed by atoms with van der Waals surface area (Å²) in [6.45, 7) is 5.72. The molecule has 0 aliphatic heterocycles. The number of aromatic nitrogens is 1. The molecule has 0 saturated carbocycles. The van der Waals surface area contributed by atoms with E-state index in [1.54, 1.807) is 13.0 Å². The number of hydrogen-bond donors (Lipinski definition) is 1. The third kappa shape index (κ3) is 2.02. The standard InChI is InChI=1S/C13H13BrFNO/c1-6(2)11-7(3)16-12-9(13(11)17)4-8(14)5-10(12)15/h4-6H,1-3H3,(H,16,17). The van der Waals surface area contributed by atoms with Crippen LogP contribution in [-0.4, -0.2) is 4.98 Å². The molecule has 4 heteroatoms. The Balaban J connectivity index is 2.97. The van der Waals surface area contributed by atoms with Crippen molar-refractivity contribution >= 4 is 26.8 Å². The van der Waals surface area contributed by atoms with Crippen LogP contribution in [0.1, 0.15) is 31.0 Å². The Kier molecular flexibility index (Phi) is 3.08. The average molecular weight is 298 g/mol. The van der Waals surface area contributed by atoms with E-state index in [1.165, 1.54) is 6.07 Å². The summed E-state index contributed by atoms with van der Waals surface area (Å²) in [4.78, 5) is 15.3. The fraction of sp³-hybridized carbons (Fsp3) is 0.308. The third-order valence-corrected chi connectivity index (χ3v) is 3.30. The quantitative estimate of drug-likeness (QED) is 0.852. The number of hydrogen-bond acceptors (Lipinski definition) is 1. The summed E-state index contributed by atoms with van der Waals surface area (Å²) < 4.78 is 14.3. The van der Waals surface area contributed by atoms with Crippen molar-refractivity contribution in [2.75, 3.05) is 0 Å². The first kappa shape index (κ1) is 12.3. The fourth-order valence-electron chi connectivity index (χ4n) is 2.15. The lowest BCUT2D eigenvalue weighted by Gasteiger charge is -2.11. The number of rotatable bonds is 1. The maximum absolute atomic E-state index is 13.7. The van der Waals surface area contributed by atoms with Gasteiger partial charge in [0.15, 0.2) is 5.43 Å². The lowest BCUT2D eigenvalue weighted by Crippen LogP contribution is -2.15. The number of fused-ring (bicyclic) bond motifs is 1. The summed E-state index contributed by atoms with van der Waals surface area (Å²) in [5, 5.41) is 0.395. The lowest BCUT2D eigenvalue weighted by atomic mass is 9.99. The van der Waals surface area contributed by atoms with Gasteiger partial charge in [-0.15, -0.1) is 0 Å². The minimum atomic E-state index is -0.412. The molecular weight excluding hydrogens is 285 g/mol. The monoisotopic (exact) mass is 297 g/mol. The van der Waals surface area contributed by atoms with E-state index < -0.39 is 5.82 Å². The van der Waals surface area contributed by atoms with Gasteiger partial charge >= 0.3 is 0 Å². The van der Waals surface area contributed by atoms with Crippen molar-refractivity contribution in [1.82, 2.24) is 4.98 Å². The number of nitrogens with one attached hydrogen (secondary N) is 1. The second kappa shape index (κ2) is 4.26. The van der Waals surface area contributed by atoms with Crippen molar-refractivity contribution in [3.05, 3.63) is 43.9 Å². The topological polar surface area (TPSA) is 32.9 Å². The molecule has 0 aliphatic rings. The molecule has 17 heavy (non-hydrogen) atoms. The molecule has 0 fully saturated rings. The zero-order chi connectivity index (χ0) is 12.7. The van der Waals surface area contributed by atoms with Crippen LogP contribution in [0.2, 0.25) is 0 Å². The van der Waals surface area contributed by atoms with Gasteiger partial charge in [0.2, 0.25) is 0 Å². The van der Waals surface area contributed by atoms with E-state index in [2.05, 4.69) is 20.9 Å². The zero-order valence-electron chi connectivity index (χ0n) is 9.90. The van der Waals surface area contributed by atoms with Crippen LogP contribution in [0.4, 0.5) is 4.39 Å². The Labute approximate surface area is 107 Å². The van der Waals surface area contributed by atoms with Crippen LogP contribution in [0.5, 0.6) is 0 Å². The van der Waals surface area contributed by atoms with Crippen molar-refractivity contribution in [2.45, 2.75) is 26.7 Å². The third-order valence-electron chi connectivity index (χ3n) is 2.84. The normalized spacial score (nSPS) is 11.4.